The number of ether oxygens (including phenoxy) is 1. The van der Waals surface area contributed by atoms with Crippen LogP contribution in [0.15, 0.2) is 0 Å². The molecule has 0 amide bonds. The predicted molar refractivity (Wildman–Crippen MR) is 46.4 cm³/mol. The van der Waals surface area contributed by atoms with E-state index in [1.54, 1.807) is 0 Å². The molecule has 1 aliphatic rings. The average molecular weight is 147 g/mol. The van der Waals surface area contributed by atoms with Crippen molar-refractivity contribution in [3.8, 4) is 0 Å². The molecule has 0 atom stereocenters. The second-order valence-electron chi connectivity index (χ2n) is 1.36. The van der Waals surface area contributed by atoms with Crippen LogP contribution < -0.4 is 5.32 Å². The zero-order valence-electron chi connectivity index (χ0n) is 7.74. The number of hydrogen-bond acceptors (Lipinski definition) is 2. The van der Waals surface area contributed by atoms with Crippen molar-refractivity contribution in [3.63, 3.8) is 0 Å². The lowest BCUT2D eigenvalue weighted by atomic mass is 10.5. The predicted octanol–water partition coefficient (Wildman–Crippen LogP) is 1.66. The molecular weight excluding hydrogens is 126 g/mol. The van der Waals surface area contributed by atoms with Gasteiger partial charge in [0, 0.05) is 13.1 Å². The SMILES string of the molecule is C1COCCN1.CC.CC. The van der Waals surface area contributed by atoms with E-state index in [0.29, 0.717) is 0 Å². The maximum absolute atomic E-state index is 5.01. The van der Waals surface area contributed by atoms with Crippen LogP contribution in [0.1, 0.15) is 27.7 Å². The third-order valence-electron chi connectivity index (χ3n) is 0.846. The number of morpholine rings is 1. The van der Waals surface area contributed by atoms with Gasteiger partial charge in [0.05, 0.1) is 13.2 Å². The maximum atomic E-state index is 5.01. The third-order valence-corrected chi connectivity index (χ3v) is 0.846. The quantitative estimate of drug-likeness (QED) is 0.562. The molecule has 1 saturated heterocycles. The summed E-state index contributed by atoms with van der Waals surface area (Å²) in [5.41, 5.74) is 0. The molecule has 1 aliphatic heterocycles. The van der Waals surface area contributed by atoms with E-state index < -0.39 is 0 Å². The van der Waals surface area contributed by atoms with Gasteiger partial charge in [-0.1, -0.05) is 27.7 Å². The van der Waals surface area contributed by atoms with E-state index in [2.05, 4.69) is 5.32 Å². The summed E-state index contributed by atoms with van der Waals surface area (Å²) in [6.07, 6.45) is 0. The van der Waals surface area contributed by atoms with E-state index in [-0.39, 0.29) is 0 Å². The highest BCUT2D eigenvalue weighted by atomic mass is 16.5. The van der Waals surface area contributed by atoms with Crippen molar-refractivity contribution in [1.29, 1.82) is 0 Å². The van der Waals surface area contributed by atoms with Gasteiger partial charge in [-0.15, -0.1) is 0 Å². The molecule has 1 heterocycles. The summed E-state index contributed by atoms with van der Waals surface area (Å²) in [5.74, 6) is 0. The highest BCUT2D eigenvalue weighted by molar-refractivity contribution is 4.49. The number of rotatable bonds is 0. The molecule has 0 unspecified atom stereocenters. The summed E-state index contributed by atoms with van der Waals surface area (Å²) >= 11 is 0. The molecule has 1 N–H and O–H groups in total. The maximum Gasteiger partial charge on any atom is 0.0591 e. The summed E-state index contributed by atoms with van der Waals surface area (Å²) < 4.78 is 5.01. The Hall–Kier alpha value is -0.0800. The van der Waals surface area contributed by atoms with Gasteiger partial charge in [0.1, 0.15) is 0 Å². The molecule has 0 radical (unpaired) electrons. The van der Waals surface area contributed by atoms with Crippen LogP contribution in [0.25, 0.3) is 0 Å². The Morgan fingerprint density at radius 2 is 1.30 bits per heavy atom. The zero-order valence-corrected chi connectivity index (χ0v) is 7.74. The van der Waals surface area contributed by atoms with Crippen molar-refractivity contribution in [3.05, 3.63) is 0 Å². The van der Waals surface area contributed by atoms with E-state index in [4.69, 9.17) is 4.74 Å². The largest absolute Gasteiger partial charge is 0.379 e. The van der Waals surface area contributed by atoms with Gasteiger partial charge in [-0.2, -0.15) is 0 Å². The highest BCUT2D eigenvalue weighted by Crippen LogP contribution is 1.76. The second-order valence-corrected chi connectivity index (χ2v) is 1.36. The minimum absolute atomic E-state index is 0.889. The van der Waals surface area contributed by atoms with Crippen LogP contribution in [0.2, 0.25) is 0 Å². The minimum atomic E-state index is 0.889. The van der Waals surface area contributed by atoms with Gasteiger partial charge in [0.15, 0.2) is 0 Å². The molecular formula is C8H21NO. The zero-order chi connectivity index (χ0) is 8.24. The van der Waals surface area contributed by atoms with Gasteiger partial charge in [0.25, 0.3) is 0 Å². The Morgan fingerprint density at radius 1 is 0.900 bits per heavy atom. The molecule has 0 bridgehead atoms. The van der Waals surface area contributed by atoms with E-state index in [9.17, 15) is 0 Å². The van der Waals surface area contributed by atoms with E-state index in [0.717, 1.165) is 26.3 Å². The first-order valence-electron chi connectivity index (χ1n) is 4.28. The lowest BCUT2D eigenvalue weighted by molar-refractivity contribution is 0.109. The van der Waals surface area contributed by atoms with Gasteiger partial charge in [-0.25, -0.2) is 0 Å². The van der Waals surface area contributed by atoms with Crippen molar-refractivity contribution in [2.75, 3.05) is 26.3 Å². The fourth-order valence-corrected chi connectivity index (χ4v) is 0.516. The average Bonchev–Trinajstić information content (AvgIpc) is 2.14. The molecule has 0 saturated carbocycles. The van der Waals surface area contributed by atoms with Gasteiger partial charge >= 0.3 is 0 Å². The third kappa shape index (κ3) is 10.8. The molecule has 2 nitrogen and oxygen atoms in total. The molecule has 0 spiro atoms. The van der Waals surface area contributed by atoms with Crippen molar-refractivity contribution in [1.82, 2.24) is 5.32 Å². The first kappa shape index (κ1) is 12.6. The lowest BCUT2D eigenvalue weighted by Crippen LogP contribution is -2.30. The van der Waals surface area contributed by atoms with Gasteiger partial charge in [-0.3, -0.25) is 0 Å². The Bertz CT molecular complexity index is 24.7. The molecule has 0 aromatic rings. The fraction of sp³-hybridized carbons (Fsp3) is 1.00. The summed E-state index contributed by atoms with van der Waals surface area (Å²) in [4.78, 5) is 0. The molecule has 0 aliphatic carbocycles. The summed E-state index contributed by atoms with van der Waals surface area (Å²) in [5, 5.41) is 3.16. The summed E-state index contributed by atoms with van der Waals surface area (Å²) in [7, 11) is 0. The van der Waals surface area contributed by atoms with Crippen LogP contribution in [0.4, 0.5) is 0 Å². The fourth-order valence-electron chi connectivity index (χ4n) is 0.516. The standard InChI is InChI=1S/C4H9NO.2C2H6/c1-3-6-4-2-5-1;2*1-2/h5H,1-4H2;2*1-2H3. The van der Waals surface area contributed by atoms with Crippen molar-refractivity contribution >= 4 is 0 Å². The van der Waals surface area contributed by atoms with Crippen molar-refractivity contribution in [2.24, 2.45) is 0 Å². The van der Waals surface area contributed by atoms with Crippen LogP contribution >= 0.6 is 0 Å². The summed E-state index contributed by atoms with van der Waals surface area (Å²) in [6.45, 7) is 11.8. The monoisotopic (exact) mass is 147 g/mol. The Labute approximate surface area is 65.0 Å². The minimum Gasteiger partial charge on any atom is -0.379 e. The normalized spacial score (nSPS) is 15.6. The van der Waals surface area contributed by atoms with Crippen LogP contribution in [0, 0.1) is 0 Å². The smallest absolute Gasteiger partial charge is 0.0591 e. The van der Waals surface area contributed by atoms with Crippen LogP contribution in [-0.4, -0.2) is 26.3 Å². The Kier molecular flexibility index (Phi) is 20.1. The van der Waals surface area contributed by atoms with Crippen LogP contribution in [-0.2, 0) is 4.74 Å². The molecule has 2 heteroatoms. The van der Waals surface area contributed by atoms with Crippen molar-refractivity contribution < 1.29 is 4.74 Å². The topological polar surface area (TPSA) is 21.3 Å². The first-order chi connectivity index (χ1) is 5.00. The molecule has 1 rings (SSSR count). The van der Waals surface area contributed by atoms with E-state index in [1.165, 1.54) is 0 Å². The first-order valence-corrected chi connectivity index (χ1v) is 4.28. The highest BCUT2D eigenvalue weighted by Gasteiger charge is 1.92. The summed E-state index contributed by atoms with van der Waals surface area (Å²) in [6, 6.07) is 0. The van der Waals surface area contributed by atoms with Crippen LogP contribution in [0.3, 0.4) is 0 Å². The van der Waals surface area contributed by atoms with Crippen LogP contribution in [0.5, 0.6) is 0 Å². The van der Waals surface area contributed by atoms with Crippen molar-refractivity contribution in [2.45, 2.75) is 27.7 Å². The second kappa shape index (κ2) is 16.0. The lowest BCUT2D eigenvalue weighted by Gasteiger charge is -2.10. The molecule has 1 fully saturated rings. The Morgan fingerprint density at radius 3 is 1.40 bits per heavy atom. The van der Waals surface area contributed by atoms with E-state index >= 15 is 0 Å². The van der Waals surface area contributed by atoms with E-state index in [1.807, 2.05) is 27.7 Å². The Balaban J connectivity index is 0. The number of nitrogens with one attached hydrogen (secondary N) is 1. The molecule has 64 valence electrons. The van der Waals surface area contributed by atoms with Gasteiger partial charge < -0.3 is 10.1 Å². The molecule has 0 aromatic heterocycles. The van der Waals surface area contributed by atoms with Gasteiger partial charge in [-0.05, 0) is 0 Å². The molecule has 10 heavy (non-hydrogen) atoms. The van der Waals surface area contributed by atoms with Gasteiger partial charge in [0.2, 0.25) is 0 Å². The number of hydrogen-bond donors (Lipinski definition) is 1. The molecule has 0 aromatic carbocycles.